The van der Waals surface area contributed by atoms with Gasteiger partial charge in [-0.1, -0.05) is 31.4 Å². The normalized spacial score (nSPS) is 15.9. The van der Waals surface area contributed by atoms with E-state index in [4.69, 9.17) is 0 Å². The van der Waals surface area contributed by atoms with E-state index in [0.29, 0.717) is 0 Å². The Balaban J connectivity index is 1.98. The average molecular weight is 287 g/mol. The van der Waals surface area contributed by atoms with Crippen LogP contribution in [0.3, 0.4) is 0 Å². The van der Waals surface area contributed by atoms with E-state index in [-0.39, 0.29) is 11.8 Å². The molecule has 0 aliphatic heterocycles. The number of hydrogen-bond donors (Lipinski definition) is 1. The van der Waals surface area contributed by atoms with Crippen molar-refractivity contribution in [2.45, 2.75) is 32.1 Å². The predicted octanol–water partition coefficient (Wildman–Crippen LogP) is 3.39. The SMILES string of the molecule is COC(=O)C=Cc1cccc(NC(=O)C2CCCCC2)c1. The van der Waals surface area contributed by atoms with Gasteiger partial charge in [0.15, 0.2) is 0 Å². The van der Waals surface area contributed by atoms with Crippen LogP contribution in [0.2, 0.25) is 0 Å². The van der Waals surface area contributed by atoms with Gasteiger partial charge in [-0.3, -0.25) is 4.79 Å². The lowest BCUT2D eigenvalue weighted by atomic mass is 9.88. The maximum atomic E-state index is 12.2. The van der Waals surface area contributed by atoms with E-state index in [0.717, 1.165) is 36.9 Å². The fraction of sp³-hybridized carbons (Fsp3) is 0.412. The summed E-state index contributed by atoms with van der Waals surface area (Å²) < 4.78 is 4.55. The topological polar surface area (TPSA) is 55.4 Å². The van der Waals surface area contributed by atoms with Crippen molar-refractivity contribution < 1.29 is 14.3 Å². The Bertz CT molecular complexity index is 531. The molecule has 0 spiro atoms. The summed E-state index contributed by atoms with van der Waals surface area (Å²) in [6.45, 7) is 0. The molecule has 2 rings (SSSR count). The van der Waals surface area contributed by atoms with E-state index < -0.39 is 5.97 Å². The molecular formula is C17H21NO3. The minimum Gasteiger partial charge on any atom is -0.466 e. The Kier molecular flexibility index (Phi) is 5.55. The van der Waals surface area contributed by atoms with E-state index in [9.17, 15) is 9.59 Å². The van der Waals surface area contributed by atoms with E-state index in [2.05, 4.69) is 10.1 Å². The Hall–Kier alpha value is -2.10. The molecule has 0 unspecified atom stereocenters. The van der Waals surface area contributed by atoms with Crippen molar-refractivity contribution >= 4 is 23.6 Å². The van der Waals surface area contributed by atoms with Crippen molar-refractivity contribution in [2.75, 3.05) is 12.4 Å². The lowest BCUT2D eigenvalue weighted by Gasteiger charge is -2.20. The van der Waals surface area contributed by atoms with Crippen molar-refractivity contribution in [1.82, 2.24) is 0 Å². The molecule has 1 N–H and O–H groups in total. The zero-order chi connectivity index (χ0) is 15.1. The highest BCUT2D eigenvalue weighted by atomic mass is 16.5. The second kappa shape index (κ2) is 7.62. The molecule has 4 heteroatoms. The van der Waals surface area contributed by atoms with Crippen LogP contribution in [0.15, 0.2) is 30.3 Å². The van der Waals surface area contributed by atoms with Crippen LogP contribution in [0.1, 0.15) is 37.7 Å². The third kappa shape index (κ3) is 4.74. The first-order valence-electron chi connectivity index (χ1n) is 7.36. The van der Waals surface area contributed by atoms with Crippen molar-refractivity contribution in [3.05, 3.63) is 35.9 Å². The second-order valence-electron chi connectivity index (χ2n) is 5.31. The number of methoxy groups -OCH3 is 1. The number of nitrogens with one attached hydrogen (secondary N) is 1. The average Bonchev–Trinajstić information content (AvgIpc) is 2.53. The van der Waals surface area contributed by atoms with Crippen LogP contribution in [0.25, 0.3) is 6.08 Å². The lowest BCUT2D eigenvalue weighted by Crippen LogP contribution is -2.24. The molecule has 1 aromatic carbocycles. The molecule has 0 heterocycles. The third-order valence-corrected chi connectivity index (χ3v) is 3.74. The smallest absolute Gasteiger partial charge is 0.330 e. The molecule has 1 saturated carbocycles. The van der Waals surface area contributed by atoms with Gasteiger partial charge in [0.05, 0.1) is 7.11 Å². The van der Waals surface area contributed by atoms with Crippen molar-refractivity contribution in [1.29, 1.82) is 0 Å². The number of amides is 1. The zero-order valence-electron chi connectivity index (χ0n) is 12.3. The maximum Gasteiger partial charge on any atom is 0.330 e. The first-order chi connectivity index (χ1) is 10.2. The van der Waals surface area contributed by atoms with Gasteiger partial charge < -0.3 is 10.1 Å². The summed E-state index contributed by atoms with van der Waals surface area (Å²) in [4.78, 5) is 23.3. The molecule has 1 aromatic rings. The largest absolute Gasteiger partial charge is 0.466 e. The van der Waals surface area contributed by atoms with Crippen LogP contribution in [-0.4, -0.2) is 19.0 Å². The van der Waals surface area contributed by atoms with Crippen molar-refractivity contribution in [2.24, 2.45) is 5.92 Å². The van der Waals surface area contributed by atoms with Gasteiger partial charge in [0.1, 0.15) is 0 Å². The standard InChI is InChI=1S/C17H21NO3/c1-21-16(19)11-10-13-6-5-9-15(12-13)18-17(20)14-7-3-2-4-8-14/h5-6,9-12,14H,2-4,7-8H2,1H3,(H,18,20). The fourth-order valence-corrected chi connectivity index (χ4v) is 2.56. The molecule has 0 radical (unpaired) electrons. The Morgan fingerprint density at radius 1 is 1.24 bits per heavy atom. The molecule has 4 nitrogen and oxygen atoms in total. The lowest BCUT2D eigenvalue weighted by molar-refractivity contribution is -0.134. The maximum absolute atomic E-state index is 12.2. The summed E-state index contributed by atoms with van der Waals surface area (Å²) in [5.41, 5.74) is 1.61. The van der Waals surface area contributed by atoms with Gasteiger partial charge in [0, 0.05) is 17.7 Å². The van der Waals surface area contributed by atoms with Gasteiger partial charge in [-0.25, -0.2) is 4.79 Å². The molecule has 1 aliphatic carbocycles. The molecule has 21 heavy (non-hydrogen) atoms. The van der Waals surface area contributed by atoms with Crippen LogP contribution in [0.5, 0.6) is 0 Å². The van der Waals surface area contributed by atoms with E-state index in [1.165, 1.54) is 19.6 Å². The first kappa shape index (κ1) is 15.3. The van der Waals surface area contributed by atoms with Gasteiger partial charge >= 0.3 is 5.97 Å². The van der Waals surface area contributed by atoms with Gasteiger partial charge in [-0.05, 0) is 36.6 Å². The molecule has 0 aromatic heterocycles. The number of esters is 1. The predicted molar refractivity (Wildman–Crippen MR) is 82.7 cm³/mol. The fourth-order valence-electron chi connectivity index (χ4n) is 2.56. The van der Waals surface area contributed by atoms with Crippen LogP contribution < -0.4 is 5.32 Å². The van der Waals surface area contributed by atoms with Crippen LogP contribution in [0.4, 0.5) is 5.69 Å². The molecule has 1 fully saturated rings. The summed E-state index contributed by atoms with van der Waals surface area (Å²) >= 11 is 0. The van der Waals surface area contributed by atoms with E-state index in [1.54, 1.807) is 6.08 Å². The summed E-state index contributed by atoms with van der Waals surface area (Å²) in [5, 5.41) is 2.96. The highest BCUT2D eigenvalue weighted by Gasteiger charge is 2.20. The first-order valence-corrected chi connectivity index (χ1v) is 7.36. The summed E-state index contributed by atoms with van der Waals surface area (Å²) in [7, 11) is 1.34. The Labute approximate surface area is 125 Å². The quantitative estimate of drug-likeness (QED) is 0.682. The zero-order valence-corrected chi connectivity index (χ0v) is 12.3. The minimum atomic E-state index is -0.397. The number of carbonyl (C=O) groups is 2. The third-order valence-electron chi connectivity index (χ3n) is 3.74. The summed E-state index contributed by atoms with van der Waals surface area (Å²) in [6.07, 6.45) is 8.50. The van der Waals surface area contributed by atoms with Crippen LogP contribution in [0, 0.1) is 5.92 Å². The highest BCUT2D eigenvalue weighted by molar-refractivity contribution is 5.93. The van der Waals surface area contributed by atoms with Gasteiger partial charge in [-0.15, -0.1) is 0 Å². The molecule has 112 valence electrons. The molecule has 1 amide bonds. The second-order valence-corrected chi connectivity index (χ2v) is 5.31. The summed E-state index contributed by atoms with van der Waals surface area (Å²) in [6, 6.07) is 7.43. The van der Waals surface area contributed by atoms with Crippen LogP contribution >= 0.6 is 0 Å². The van der Waals surface area contributed by atoms with E-state index >= 15 is 0 Å². The molecule has 0 bridgehead atoms. The number of benzene rings is 1. The Morgan fingerprint density at radius 3 is 2.71 bits per heavy atom. The minimum absolute atomic E-state index is 0.101. The van der Waals surface area contributed by atoms with Crippen molar-refractivity contribution in [3.8, 4) is 0 Å². The Morgan fingerprint density at radius 2 is 2.00 bits per heavy atom. The molecule has 0 saturated heterocycles. The van der Waals surface area contributed by atoms with Gasteiger partial charge in [-0.2, -0.15) is 0 Å². The number of hydrogen-bond acceptors (Lipinski definition) is 3. The monoisotopic (exact) mass is 287 g/mol. The van der Waals surface area contributed by atoms with Crippen molar-refractivity contribution in [3.63, 3.8) is 0 Å². The molecule has 0 atom stereocenters. The van der Waals surface area contributed by atoms with Crippen LogP contribution in [-0.2, 0) is 14.3 Å². The molecular weight excluding hydrogens is 266 g/mol. The van der Waals surface area contributed by atoms with Gasteiger partial charge in [0.2, 0.25) is 5.91 Å². The molecule has 1 aliphatic rings. The van der Waals surface area contributed by atoms with Gasteiger partial charge in [0.25, 0.3) is 0 Å². The van der Waals surface area contributed by atoms with E-state index in [1.807, 2.05) is 24.3 Å². The number of carbonyl (C=O) groups excluding carboxylic acids is 2. The number of ether oxygens (including phenoxy) is 1. The highest BCUT2D eigenvalue weighted by Crippen LogP contribution is 2.25. The number of anilines is 1. The number of rotatable bonds is 4. The summed E-state index contributed by atoms with van der Waals surface area (Å²) in [5.74, 6) is -0.163.